The van der Waals surface area contributed by atoms with Crippen LogP contribution in [0.4, 0.5) is 0 Å². The summed E-state index contributed by atoms with van der Waals surface area (Å²) in [7, 11) is 0. The Bertz CT molecular complexity index is 189. The molecule has 0 radical (unpaired) electrons. The summed E-state index contributed by atoms with van der Waals surface area (Å²) >= 11 is 0. The highest BCUT2D eigenvalue weighted by atomic mass is 16.2. The minimum absolute atomic E-state index is 0.511. The molecule has 10 heavy (non-hydrogen) atoms. The average Bonchev–Trinajstić information content (AvgIpc) is 1.88. The number of aliphatic hydroxyl groups excluding tert-OH is 1. The molecule has 0 saturated heterocycles. The summed E-state index contributed by atoms with van der Waals surface area (Å²) in [4.78, 5) is 20.7. The molecule has 0 fully saturated rings. The van der Waals surface area contributed by atoms with Crippen molar-refractivity contribution in [3.8, 4) is 0 Å². The lowest BCUT2D eigenvalue weighted by Crippen LogP contribution is -2.04. The third kappa shape index (κ3) is 3.60. The normalized spacial score (nSPS) is 10.9. The Kier molecular flexibility index (Phi) is 3.87. The molecule has 0 spiro atoms. The van der Waals surface area contributed by atoms with Crippen LogP contribution in [0.5, 0.6) is 0 Å². The second-order valence-electron chi connectivity index (χ2n) is 1.62. The van der Waals surface area contributed by atoms with Gasteiger partial charge in [-0.3, -0.25) is 9.59 Å². The van der Waals surface area contributed by atoms with Gasteiger partial charge in [-0.05, 0) is 12.2 Å². The Morgan fingerprint density at radius 1 is 1.30 bits per heavy atom. The van der Waals surface area contributed by atoms with E-state index in [1.54, 1.807) is 0 Å². The molecule has 0 aromatic carbocycles. The van der Waals surface area contributed by atoms with Crippen molar-refractivity contribution < 1.29 is 14.7 Å². The molecule has 3 heteroatoms. The maximum Gasteiger partial charge on any atom is 0.221 e. The maximum absolute atomic E-state index is 10.5. The first kappa shape index (κ1) is 8.62. The predicted octanol–water partition coefficient (Wildman–Crippen LogP) is 0.772. The lowest BCUT2D eigenvalue weighted by atomic mass is 10.2. The quantitative estimate of drug-likeness (QED) is 0.272. The van der Waals surface area contributed by atoms with Crippen LogP contribution in [0.15, 0.2) is 24.5 Å². The first-order valence-corrected chi connectivity index (χ1v) is 2.71. The van der Waals surface area contributed by atoms with Crippen LogP contribution in [0.25, 0.3) is 0 Å². The highest BCUT2D eigenvalue weighted by Gasteiger charge is 1.99. The molecule has 1 N–H and O–H groups in total. The van der Waals surface area contributed by atoms with Gasteiger partial charge < -0.3 is 5.11 Å². The number of rotatable bonds is 3. The summed E-state index contributed by atoms with van der Waals surface area (Å²) in [6.07, 6.45) is 4.42. The number of allylic oxidation sites excluding steroid dienone is 3. The SMILES string of the molecule is CC(=O)C(=O)/C=C/C=C/O. The number of aliphatic hydroxyl groups is 1. The molecule has 0 aliphatic rings. The van der Waals surface area contributed by atoms with E-state index in [9.17, 15) is 9.59 Å². The van der Waals surface area contributed by atoms with E-state index in [1.807, 2.05) is 0 Å². The number of carbonyl (C=O) groups is 2. The van der Waals surface area contributed by atoms with Crippen LogP contribution in [0.1, 0.15) is 6.92 Å². The summed E-state index contributed by atoms with van der Waals surface area (Å²) in [6.45, 7) is 1.19. The molecule has 0 aliphatic heterocycles. The smallest absolute Gasteiger partial charge is 0.221 e. The summed E-state index contributed by atoms with van der Waals surface area (Å²) in [5, 5.41) is 8.09. The van der Waals surface area contributed by atoms with E-state index >= 15 is 0 Å². The van der Waals surface area contributed by atoms with Gasteiger partial charge in [0.25, 0.3) is 0 Å². The molecule has 54 valence electrons. The Morgan fingerprint density at radius 2 is 1.90 bits per heavy atom. The van der Waals surface area contributed by atoms with Gasteiger partial charge in [0.05, 0.1) is 6.26 Å². The molecule has 3 nitrogen and oxygen atoms in total. The van der Waals surface area contributed by atoms with E-state index in [-0.39, 0.29) is 0 Å². The standard InChI is InChI=1S/C7H8O3/c1-6(9)7(10)4-2-3-5-8/h2-5,8H,1H3/b4-2+,5-3+. The molecule has 0 heterocycles. The zero-order chi connectivity index (χ0) is 7.98. The van der Waals surface area contributed by atoms with Crippen molar-refractivity contribution in [2.75, 3.05) is 0 Å². The van der Waals surface area contributed by atoms with Crippen molar-refractivity contribution in [3.05, 3.63) is 24.5 Å². The second-order valence-corrected chi connectivity index (χ2v) is 1.62. The molecule has 0 atom stereocenters. The van der Waals surface area contributed by atoms with Crippen LogP contribution in [-0.2, 0) is 9.59 Å². The van der Waals surface area contributed by atoms with Gasteiger partial charge in [0.2, 0.25) is 5.78 Å². The number of hydrogen-bond acceptors (Lipinski definition) is 3. The topological polar surface area (TPSA) is 54.4 Å². The van der Waals surface area contributed by atoms with Crippen molar-refractivity contribution >= 4 is 11.6 Å². The molecule has 0 amide bonds. The van der Waals surface area contributed by atoms with E-state index in [0.29, 0.717) is 0 Å². The van der Waals surface area contributed by atoms with Gasteiger partial charge in [-0.25, -0.2) is 0 Å². The lowest BCUT2D eigenvalue weighted by Gasteiger charge is -1.80. The first-order chi connectivity index (χ1) is 4.68. The molecule has 0 rings (SSSR count). The van der Waals surface area contributed by atoms with E-state index in [2.05, 4.69) is 0 Å². The molecular formula is C7H8O3. The van der Waals surface area contributed by atoms with Crippen LogP contribution in [0.3, 0.4) is 0 Å². The highest BCUT2D eigenvalue weighted by molar-refractivity contribution is 6.40. The minimum Gasteiger partial charge on any atom is -0.516 e. The van der Waals surface area contributed by atoms with Crippen molar-refractivity contribution in [1.82, 2.24) is 0 Å². The van der Waals surface area contributed by atoms with Gasteiger partial charge in [0.1, 0.15) is 0 Å². The predicted molar refractivity (Wildman–Crippen MR) is 36.6 cm³/mol. The zero-order valence-corrected chi connectivity index (χ0v) is 5.57. The number of hydrogen-bond donors (Lipinski definition) is 1. The van der Waals surface area contributed by atoms with Gasteiger partial charge in [-0.15, -0.1) is 0 Å². The number of ketones is 2. The maximum atomic E-state index is 10.5. The van der Waals surface area contributed by atoms with Gasteiger partial charge in [-0.2, -0.15) is 0 Å². The summed E-state index contributed by atoms with van der Waals surface area (Å²) < 4.78 is 0. The zero-order valence-electron chi connectivity index (χ0n) is 5.57. The third-order valence-corrected chi connectivity index (χ3v) is 0.792. The first-order valence-electron chi connectivity index (χ1n) is 2.71. The van der Waals surface area contributed by atoms with E-state index in [1.165, 1.54) is 19.1 Å². The molecular weight excluding hydrogens is 132 g/mol. The van der Waals surface area contributed by atoms with Crippen LogP contribution in [0.2, 0.25) is 0 Å². The number of Topliss-reactive ketones (excluding diaryl/α,β-unsaturated/α-hetero) is 1. The fourth-order valence-electron chi connectivity index (χ4n) is 0.310. The second kappa shape index (κ2) is 4.49. The van der Waals surface area contributed by atoms with E-state index < -0.39 is 11.6 Å². The summed E-state index contributed by atoms with van der Waals surface area (Å²) in [5.41, 5.74) is 0. The Morgan fingerprint density at radius 3 is 2.30 bits per heavy atom. The fourth-order valence-corrected chi connectivity index (χ4v) is 0.310. The van der Waals surface area contributed by atoms with Crippen LogP contribution in [-0.4, -0.2) is 16.7 Å². The van der Waals surface area contributed by atoms with Crippen molar-refractivity contribution in [2.45, 2.75) is 6.92 Å². The summed E-state index contributed by atoms with van der Waals surface area (Å²) in [5.74, 6) is -1.08. The van der Waals surface area contributed by atoms with E-state index in [0.717, 1.165) is 12.3 Å². The minimum atomic E-state index is -0.571. The Balaban J connectivity index is 3.90. The van der Waals surface area contributed by atoms with Gasteiger partial charge in [0.15, 0.2) is 5.78 Å². The van der Waals surface area contributed by atoms with E-state index in [4.69, 9.17) is 5.11 Å². The van der Waals surface area contributed by atoms with Crippen LogP contribution < -0.4 is 0 Å². The molecule has 0 aromatic rings. The van der Waals surface area contributed by atoms with Gasteiger partial charge >= 0.3 is 0 Å². The monoisotopic (exact) mass is 140 g/mol. The van der Waals surface area contributed by atoms with Crippen molar-refractivity contribution in [1.29, 1.82) is 0 Å². The van der Waals surface area contributed by atoms with Gasteiger partial charge in [-0.1, -0.05) is 6.08 Å². The average molecular weight is 140 g/mol. The molecule has 0 saturated carbocycles. The fraction of sp³-hybridized carbons (Fsp3) is 0.143. The lowest BCUT2D eigenvalue weighted by molar-refractivity contribution is -0.132. The van der Waals surface area contributed by atoms with Gasteiger partial charge in [0, 0.05) is 6.92 Å². The van der Waals surface area contributed by atoms with Crippen LogP contribution >= 0.6 is 0 Å². The Labute approximate surface area is 58.7 Å². The number of carbonyl (C=O) groups excluding carboxylic acids is 2. The summed E-state index contributed by atoms with van der Waals surface area (Å²) in [6, 6.07) is 0. The highest BCUT2D eigenvalue weighted by Crippen LogP contribution is 1.80. The largest absolute Gasteiger partial charge is 0.516 e. The molecule has 0 unspecified atom stereocenters. The van der Waals surface area contributed by atoms with Crippen molar-refractivity contribution in [2.24, 2.45) is 0 Å². The third-order valence-electron chi connectivity index (χ3n) is 0.792. The molecule has 0 bridgehead atoms. The molecule has 0 aliphatic carbocycles. The van der Waals surface area contributed by atoms with Crippen LogP contribution in [0, 0.1) is 0 Å². The van der Waals surface area contributed by atoms with Crippen molar-refractivity contribution in [3.63, 3.8) is 0 Å². The molecule has 0 aromatic heterocycles. The Hall–Kier alpha value is -1.38.